The number of hydrogen-bond donors (Lipinski definition) is 2. The number of nitrogens with zero attached hydrogens (tertiary/aromatic N) is 1. The lowest BCUT2D eigenvalue weighted by Crippen LogP contribution is -2.55. The fourth-order valence-electron chi connectivity index (χ4n) is 5.97. The summed E-state index contributed by atoms with van der Waals surface area (Å²) in [5.74, 6) is -1.46. The van der Waals surface area contributed by atoms with Gasteiger partial charge in [0.15, 0.2) is 0 Å². The average Bonchev–Trinajstić information content (AvgIpc) is 3.34. The van der Waals surface area contributed by atoms with Gasteiger partial charge in [-0.1, -0.05) is 19.3 Å². The van der Waals surface area contributed by atoms with Crippen molar-refractivity contribution in [1.29, 1.82) is 0 Å². The lowest BCUT2D eigenvalue weighted by molar-refractivity contribution is -0.153. The number of esters is 1. The van der Waals surface area contributed by atoms with Crippen LogP contribution in [-0.4, -0.2) is 69.6 Å². The summed E-state index contributed by atoms with van der Waals surface area (Å²) in [4.78, 5) is 41.2. The molecule has 4 fully saturated rings. The number of carbonyl (C=O) groups is 3. The Bertz CT molecular complexity index is 667. The maximum Gasteiger partial charge on any atom is 0.310 e. The van der Waals surface area contributed by atoms with Crippen LogP contribution in [0.5, 0.6) is 0 Å². The summed E-state index contributed by atoms with van der Waals surface area (Å²) in [5, 5.41) is 12.6. The highest BCUT2D eigenvalue weighted by molar-refractivity contribution is 8.02. The Morgan fingerprint density at radius 3 is 2.72 bits per heavy atom. The zero-order chi connectivity index (χ0) is 20.6. The summed E-state index contributed by atoms with van der Waals surface area (Å²) in [6.45, 7) is 2.38. The summed E-state index contributed by atoms with van der Waals surface area (Å²) in [7, 11) is 0. The lowest BCUT2D eigenvalue weighted by atomic mass is 9.71. The van der Waals surface area contributed by atoms with Gasteiger partial charge in [-0.15, -0.1) is 11.8 Å². The van der Waals surface area contributed by atoms with Crippen molar-refractivity contribution in [2.75, 3.05) is 19.8 Å². The first-order chi connectivity index (χ1) is 14.0. The molecule has 162 valence electrons. The third kappa shape index (κ3) is 3.46. The number of aliphatic hydroxyl groups excluding tert-OH is 1. The second kappa shape index (κ2) is 8.46. The van der Waals surface area contributed by atoms with Gasteiger partial charge in [0.25, 0.3) is 0 Å². The van der Waals surface area contributed by atoms with E-state index in [4.69, 9.17) is 4.74 Å². The summed E-state index contributed by atoms with van der Waals surface area (Å²) in [5.41, 5.74) is 0. The number of thioether (sulfide) groups is 1. The normalized spacial score (nSPS) is 36.3. The molecule has 2 amide bonds. The first kappa shape index (κ1) is 21.0. The molecule has 29 heavy (non-hydrogen) atoms. The van der Waals surface area contributed by atoms with Crippen LogP contribution in [-0.2, 0) is 19.1 Å². The molecule has 0 aromatic heterocycles. The van der Waals surface area contributed by atoms with Crippen molar-refractivity contribution in [3.05, 3.63) is 0 Å². The zero-order valence-corrected chi connectivity index (χ0v) is 17.9. The molecule has 1 saturated carbocycles. The first-order valence-corrected chi connectivity index (χ1v) is 12.0. The van der Waals surface area contributed by atoms with E-state index >= 15 is 0 Å². The topological polar surface area (TPSA) is 95.9 Å². The van der Waals surface area contributed by atoms with Gasteiger partial charge < -0.3 is 20.1 Å². The van der Waals surface area contributed by atoms with Crippen molar-refractivity contribution in [3.63, 3.8) is 0 Å². The van der Waals surface area contributed by atoms with Gasteiger partial charge in [0, 0.05) is 24.4 Å². The maximum absolute atomic E-state index is 13.5. The molecule has 1 spiro atoms. The number of hydrogen-bond acceptors (Lipinski definition) is 6. The fourth-order valence-corrected chi connectivity index (χ4v) is 8.18. The molecule has 7 nitrogen and oxygen atoms in total. The number of fused-ring (bicyclic) bond motifs is 1. The van der Waals surface area contributed by atoms with E-state index in [0.717, 1.165) is 38.5 Å². The summed E-state index contributed by atoms with van der Waals surface area (Å²) >= 11 is 1.66. The van der Waals surface area contributed by atoms with Gasteiger partial charge in [-0.05, 0) is 39.0 Å². The Balaban J connectivity index is 1.62. The minimum Gasteiger partial charge on any atom is -0.466 e. The predicted molar refractivity (Wildman–Crippen MR) is 109 cm³/mol. The number of nitrogens with one attached hydrogen (secondary N) is 1. The summed E-state index contributed by atoms with van der Waals surface area (Å²) in [6, 6.07) is -0.395. The van der Waals surface area contributed by atoms with Crippen LogP contribution < -0.4 is 5.32 Å². The smallest absolute Gasteiger partial charge is 0.310 e. The van der Waals surface area contributed by atoms with Crippen molar-refractivity contribution in [2.45, 2.75) is 80.4 Å². The molecular formula is C21H32N2O5S. The van der Waals surface area contributed by atoms with Gasteiger partial charge in [0.1, 0.15) is 6.04 Å². The molecule has 0 radical (unpaired) electrons. The second-order valence-electron chi connectivity index (χ2n) is 8.76. The van der Waals surface area contributed by atoms with Gasteiger partial charge in [-0.3, -0.25) is 14.4 Å². The Morgan fingerprint density at radius 1 is 1.28 bits per heavy atom. The molecule has 3 heterocycles. The zero-order valence-electron chi connectivity index (χ0n) is 17.1. The molecule has 5 atom stereocenters. The van der Waals surface area contributed by atoms with Gasteiger partial charge in [-0.2, -0.15) is 0 Å². The maximum atomic E-state index is 13.5. The Morgan fingerprint density at radius 2 is 2.03 bits per heavy atom. The highest BCUT2D eigenvalue weighted by atomic mass is 32.2. The van der Waals surface area contributed by atoms with E-state index in [2.05, 4.69) is 5.32 Å². The van der Waals surface area contributed by atoms with Gasteiger partial charge in [-0.25, -0.2) is 0 Å². The van der Waals surface area contributed by atoms with Gasteiger partial charge in [0.05, 0.1) is 23.2 Å². The third-order valence-corrected chi connectivity index (χ3v) is 9.07. The van der Waals surface area contributed by atoms with Crippen molar-refractivity contribution in [3.8, 4) is 0 Å². The number of amides is 2. The summed E-state index contributed by atoms with van der Waals surface area (Å²) in [6.07, 6.45) is 7.46. The van der Waals surface area contributed by atoms with E-state index in [1.807, 2.05) is 0 Å². The number of carbonyl (C=O) groups excluding carboxylic acids is 3. The lowest BCUT2D eigenvalue weighted by Gasteiger charge is -2.35. The number of ether oxygens (including phenoxy) is 1. The average molecular weight is 425 g/mol. The van der Waals surface area contributed by atoms with Crippen molar-refractivity contribution >= 4 is 29.5 Å². The molecule has 8 heteroatoms. The molecule has 3 aliphatic heterocycles. The number of rotatable bonds is 7. The predicted octanol–water partition coefficient (Wildman–Crippen LogP) is 1.47. The van der Waals surface area contributed by atoms with Crippen LogP contribution >= 0.6 is 11.8 Å². The molecule has 3 saturated heterocycles. The number of aliphatic hydroxyl groups is 1. The van der Waals surface area contributed by atoms with Crippen LogP contribution in [0.3, 0.4) is 0 Å². The first-order valence-electron chi connectivity index (χ1n) is 11.1. The van der Waals surface area contributed by atoms with Crippen LogP contribution in [0.2, 0.25) is 0 Å². The highest BCUT2D eigenvalue weighted by Crippen LogP contribution is 2.66. The van der Waals surface area contributed by atoms with E-state index in [0.29, 0.717) is 19.6 Å². The monoisotopic (exact) mass is 424 g/mol. The standard InChI is InChI=1S/C21H32N2O5S/c1-2-28-20(27)15-14-9-10-21(29-14)16(15)19(26)23(11-6-12-24)17(21)18(25)22-13-7-4-3-5-8-13/h13-17,24H,2-12H2,1H3,(H,22,25)/t14-,15+,16-,17?,21?/m0/s1. The Hall–Kier alpha value is -1.28. The molecule has 4 rings (SSSR count). The Kier molecular flexibility index (Phi) is 6.11. The largest absolute Gasteiger partial charge is 0.466 e. The van der Waals surface area contributed by atoms with E-state index in [-0.39, 0.29) is 35.7 Å². The van der Waals surface area contributed by atoms with E-state index < -0.39 is 22.6 Å². The van der Waals surface area contributed by atoms with E-state index in [1.54, 1.807) is 23.6 Å². The quantitative estimate of drug-likeness (QED) is 0.601. The van der Waals surface area contributed by atoms with Crippen LogP contribution in [0, 0.1) is 11.8 Å². The molecule has 2 bridgehead atoms. The highest BCUT2D eigenvalue weighted by Gasteiger charge is 2.73. The molecular weight excluding hydrogens is 392 g/mol. The van der Waals surface area contributed by atoms with E-state index in [9.17, 15) is 19.5 Å². The second-order valence-corrected chi connectivity index (χ2v) is 10.4. The minimum absolute atomic E-state index is 0.0323. The van der Waals surface area contributed by atoms with E-state index in [1.165, 1.54) is 6.42 Å². The van der Waals surface area contributed by atoms with Crippen LogP contribution in [0.4, 0.5) is 0 Å². The van der Waals surface area contributed by atoms with Crippen molar-refractivity contribution in [1.82, 2.24) is 10.2 Å². The number of likely N-dealkylation sites (tertiary alicyclic amines) is 1. The van der Waals surface area contributed by atoms with Crippen LogP contribution in [0.25, 0.3) is 0 Å². The van der Waals surface area contributed by atoms with Gasteiger partial charge in [0.2, 0.25) is 11.8 Å². The van der Waals surface area contributed by atoms with Gasteiger partial charge >= 0.3 is 5.97 Å². The molecule has 4 aliphatic rings. The molecule has 1 aliphatic carbocycles. The molecule has 2 N–H and O–H groups in total. The third-order valence-electron chi connectivity index (χ3n) is 7.12. The van der Waals surface area contributed by atoms with Crippen molar-refractivity contribution in [2.24, 2.45) is 11.8 Å². The van der Waals surface area contributed by atoms with Crippen molar-refractivity contribution < 1.29 is 24.2 Å². The summed E-state index contributed by atoms with van der Waals surface area (Å²) < 4.78 is 4.75. The fraction of sp³-hybridized carbons (Fsp3) is 0.857. The molecule has 0 aromatic carbocycles. The molecule has 2 unspecified atom stereocenters. The Labute approximate surface area is 176 Å². The molecule has 0 aromatic rings. The SMILES string of the molecule is CCOC(=O)[C@@H]1[C@@H]2CCC3(S2)C(C(=O)NC2CCCCC2)N(CCCO)C(=O)[C@H]13. The van der Waals surface area contributed by atoms with Crippen LogP contribution in [0.15, 0.2) is 0 Å². The minimum atomic E-state index is -0.567. The van der Waals surface area contributed by atoms with Crippen LogP contribution in [0.1, 0.15) is 58.3 Å².